The number of nitrogens with zero attached hydrogens (tertiary/aromatic N) is 2. The van der Waals surface area contributed by atoms with Gasteiger partial charge in [0.25, 0.3) is 5.91 Å². The maximum atomic E-state index is 13.4. The van der Waals surface area contributed by atoms with Crippen LogP contribution in [0.4, 0.5) is 4.39 Å². The molecule has 2 atom stereocenters. The summed E-state index contributed by atoms with van der Waals surface area (Å²) in [5.74, 6) is -0.00523. The number of carbonyl (C=O) groups excluding carboxylic acids is 1. The van der Waals surface area contributed by atoms with Gasteiger partial charge >= 0.3 is 0 Å². The Balaban J connectivity index is 1.50. The van der Waals surface area contributed by atoms with Crippen LogP contribution in [0.3, 0.4) is 0 Å². The molecule has 4 rings (SSSR count). The molecule has 2 aromatic carbocycles. The van der Waals surface area contributed by atoms with Crippen molar-refractivity contribution in [2.24, 2.45) is 0 Å². The number of hydrogen-bond acceptors (Lipinski definition) is 3. The van der Waals surface area contributed by atoms with Gasteiger partial charge in [0.15, 0.2) is 11.4 Å². The predicted octanol–water partition coefficient (Wildman–Crippen LogP) is 3.31. The third-order valence-corrected chi connectivity index (χ3v) is 4.52. The van der Waals surface area contributed by atoms with Gasteiger partial charge in [0.1, 0.15) is 5.82 Å². The van der Waals surface area contributed by atoms with Crippen LogP contribution in [0.1, 0.15) is 28.4 Å². The van der Waals surface area contributed by atoms with E-state index >= 15 is 0 Å². The van der Waals surface area contributed by atoms with Crippen molar-refractivity contribution in [3.05, 3.63) is 77.9 Å². The average molecular weight is 351 g/mol. The van der Waals surface area contributed by atoms with E-state index in [9.17, 15) is 9.18 Å². The van der Waals surface area contributed by atoms with E-state index in [1.807, 2.05) is 36.4 Å². The number of halogens is 1. The third-order valence-electron chi connectivity index (χ3n) is 4.52. The Kier molecular flexibility index (Phi) is 4.16. The van der Waals surface area contributed by atoms with Crippen LogP contribution >= 0.6 is 0 Å². The molecule has 1 heterocycles. The van der Waals surface area contributed by atoms with Crippen LogP contribution in [0.2, 0.25) is 0 Å². The fourth-order valence-corrected chi connectivity index (χ4v) is 3.07. The number of methoxy groups -OCH3 is 1. The van der Waals surface area contributed by atoms with Gasteiger partial charge in [0.05, 0.1) is 19.0 Å². The van der Waals surface area contributed by atoms with Crippen molar-refractivity contribution >= 4 is 5.91 Å². The zero-order valence-corrected chi connectivity index (χ0v) is 14.2. The summed E-state index contributed by atoms with van der Waals surface area (Å²) in [6.07, 6.45) is 2.47. The number of aromatic nitrogens is 2. The molecule has 1 fully saturated rings. The molecule has 0 bridgehead atoms. The molecule has 5 nitrogen and oxygen atoms in total. The van der Waals surface area contributed by atoms with Crippen molar-refractivity contribution < 1.29 is 13.9 Å². The fourth-order valence-electron chi connectivity index (χ4n) is 3.07. The molecule has 1 amide bonds. The van der Waals surface area contributed by atoms with Crippen LogP contribution in [0.15, 0.2) is 60.8 Å². The summed E-state index contributed by atoms with van der Waals surface area (Å²) >= 11 is 0. The molecule has 1 aromatic heterocycles. The number of carbonyl (C=O) groups is 1. The Bertz CT molecular complexity index is 939. The number of para-hydroxylation sites is 1. The molecule has 0 saturated heterocycles. The molecule has 6 heteroatoms. The lowest BCUT2D eigenvalue weighted by Gasteiger charge is -2.04. The van der Waals surface area contributed by atoms with Crippen LogP contribution in [-0.2, 0) is 0 Å². The quantitative estimate of drug-likeness (QED) is 0.767. The molecular weight excluding hydrogens is 333 g/mol. The van der Waals surface area contributed by atoms with Gasteiger partial charge in [-0.25, -0.2) is 9.07 Å². The first-order valence-electron chi connectivity index (χ1n) is 8.41. The monoisotopic (exact) mass is 351 g/mol. The van der Waals surface area contributed by atoms with E-state index in [0.29, 0.717) is 5.75 Å². The maximum absolute atomic E-state index is 13.4. The Hall–Kier alpha value is -3.15. The zero-order valence-electron chi connectivity index (χ0n) is 14.2. The lowest BCUT2D eigenvalue weighted by atomic mass is 10.1. The van der Waals surface area contributed by atoms with Gasteiger partial charge in [0, 0.05) is 12.0 Å². The van der Waals surface area contributed by atoms with E-state index in [1.165, 1.54) is 19.2 Å². The number of hydrogen-bond donors (Lipinski definition) is 1. The van der Waals surface area contributed by atoms with Crippen molar-refractivity contribution in [3.8, 4) is 11.4 Å². The highest BCUT2D eigenvalue weighted by Crippen LogP contribution is 2.41. The predicted molar refractivity (Wildman–Crippen MR) is 95.1 cm³/mol. The second kappa shape index (κ2) is 6.63. The number of amides is 1. The first-order valence-corrected chi connectivity index (χ1v) is 8.41. The summed E-state index contributed by atoms with van der Waals surface area (Å²) in [4.78, 5) is 12.6. The van der Waals surface area contributed by atoms with Gasteiger partial charge in [-0.15, -0.1) is 0 Å². The summed E-state index contributed by atoms with van der Waals surface area (Å²) in [5, 5.41) is 7.32. The number of nitrogens with one attached hydrogen (secondary N) is 1. The second-order valence-corrected chi connectivity index (χ2v) is 6.30. The molecule has 1 saturated carbocycles. The third kappa shape index (κ3) is 3.18. The fraction of sp³-hybridized carbons (Fsp3) is 0.200. The maximum Gasteiger partial charge on any atom is 0.275 e. The van der Waals surface area contributed by atoms with Crippen molar-refractivity contribution in [1.82, 2.24) is 15.1 Å². The van der Waals surface area contributed by atoms with Crippen molar-refractivity contribution in [1.29, 1.82) is 0 Å². The van der Waals surface area contributed by atoms with E-state index in [-0.39, 0.29) is 29.4 Å². The van der Waals surface area contributed by atoms with E-state index in [0.717, 1.165) is 17.7 Å². The molecule has 0 radical (unpaired) electrons. The van der Waals surface area contributed by atoms with Crippen LogP contribution in [0, 0.1) is 5.82 Å². The van der Waals surface area contributed by atoms with E-state index < -0.39 is 0 Å². The lowest BCUT2D eigenvalue weighted by Crippen LogP contribution is -2.27. The number of ether oxygens (including phenoxy) is 1. The van der Waals surface area contributed by atoms with Crippen molar-refractivity contribution in [2.75, 3.05) is 7.11 Å². The number of benzene rings is 2. The van der Waals surface area contributed by atoms with Crippen LogP contribution < -0.4 is 10.1 Å². The van der Waals surface area contributed by atoms with Gasteiger partial charge in [-0.3, -0.25) is 4.79 Å². The minimum Gasteiger partial charge on any atom is -0.493 e. The molecule has 1 N–H and O–H groups in total. The van der Waals surface area contributed by atoms with Gasteiger partial charge < -0.3 is 10.1 Å². The summed E-state index contributed by atoms with van der Waals surface area (Å²) in [6, 6.07) is 16.0. The van der Waals surface area contributed by atoms with Crippen LogP contribution in [-0.4, -0.2) is 28.8 Å². The Labute approximate surface area is 150 Å². The zero-order chi connectivity index (χ0) is 18.1. The van der Waals surface area contributed by atoms with Crippen LogP contribution in [0.5, 0.6) is 5.75 Å². The first-order chi connectivity index (χ1) is 12.7. The molecule has 1 aliphatic carbocycles. The van der Waals surface area contributed by atoms with Gasteiger partial charge in [-0.2, -0.15) is 5.10 Å². The highest BCUT2D eigenvalue weighted by atomic mass is 19.1. The summed E-state index contributed by atoms with van der Waals surface area (Å²) in [7, 11) is 1.51. The lowest BCUT2D eigenvalue weighted by molar-refractivity contribution is 0.0942. The first kappa shape index (κ1) is 16.3. The summed E-state index contributed by atoms with van der Waals surface area (Å²) < 4.78 is 20.3. The molecule has 0 aliphatic heterocycles. The smallest absolute Gasteiger partial charge is 0.275 e. The molecule has 1 aliphatic rings. The number of rotatable bonds is 5. The van der Waals surface area contributed by atoms with Crippen LogP contribution in [0.25, 0.3) is 5.69 Å². The Morgan fingerprint density at radius 2 is 2.04 bits per heavy atom. The standard InChI is InChI=1S/C20H18FN3O2/c1-26-18-12-24(15-8-3-2-4-9-15)23-19(18)20(25)22-17-11-16(17)13-6-5-7-14(21)10-13/h2-10,12,16-17H,11H2,1H3,(H,22,25)/t16-,17+/m1/s1. The summed E-state index contributed by atoms with van der Waals surface area (Å²) in [6.45, 7) is 0. The Morgan fingerprint density at radius 1 is 1.23 bits per heavy atom. The molecular formula is C20H18FN3O2. The molecule has 0 unspecified atom stereocenters. The van der Waals surface area contributed by atoms with E-state index in [2.05, 4.69) is 10.4 Å². The molecule has 0 spiro atoms. The van der Waals surface area contributed by atoms with E-state index in [4.69, 9.17) is 4.74 Å². The average Bonchev–Trinajstić information content (AvgIpc) is 3.28. The largest absolute Gasteiger partial charge is 0.493 e. The SMILES string of the molecule is COc1cn(-c2ccccc2)nc1C(=O)N[C@H]1C[C@@H]1c1cccc(F)c1. The van der Waals surface area contributed by atoms with E-state index in [1.54, 1.807) is 16.9 Å². The minimum absolute atomic E-state index is 0.0177. The van der Waals surface area contributed by atoms with Gasteiger partial charge in [-0.05, 0) is 36.2 Å². The minimum atomic E-state index is -0.291. The van der Waals surface area contributed by atoms with Gasteiger partial charge in [0.2, 0.25) is 0 Å². The Morgan fingerprint density at radius 3 is 2.77 bits per heavy atom. The molecule has 26 heavy (non-hydrogen) atoms. The van der Waals surface area contributed by atoms with Crippen molar-refractivity contribution in [3.63, 3.8) is 0 Å². The molecule has 3 aromatic rings. The highest BCUT2D eigenvalue weighted by Gasteiger charge is 2.40. The van der Waals surface area contributed by atoms with Gasteiger partial charge in [-0.1, -0.05) is 30.3 Å². The highest BCUT2D eigenvalue weighted by molar-refractivity contribution is 5.95. The summed E-state index contributed by atoms with van der Waals surface area (Å²) in [5.41, 5.74) is 1.98. The van der Waals surface area contributed by atoms with Crippen molar-refractivity contribution in [2.45, 2.75) is 18.4 Å². The second-order valence-electron chi connectivity index (χ2n) is 6.30. The topological polar surface area (TPSA) is 56.2 Å². The molecule has 132 valence electrons. The normalized spacial score (nSPS) is 18.4.